The van der Waals surface area contributed by atoms with E-state index in [4.69, 9.17) is 27.9 Å². The molecular formula is C13H14Cl2N2O4. The van der Waals surface area contributed by atoms with Crippen LogP contribution in [0, 0.1) is 0 Å². The molecule has 0 radical (unpaired) electrons. The number of hydrogen-bond acceptors (Lipinski definition) is 3. The minimum absolute atomic E-state index is 0.0395. The van der Waals surface area contributed by atoms with Gasteiger partial charge < -0.3 is 20.1 Å². The Kier molecular flexibility index (Phi) is 4.92. The van der Waals surface area contributed by atoms with Gasteiger partial charge in [-0.15, -0.1) is 0 Å². The minimum Gasteiger partial charge on any atom is -0.478 e. The Labute approximate surface area is 131 Å². The van der Waals surface area contributed by atoms with E-state index in [1.807, 2.05) is 6.92 Å². The molecule has 0 aromatic heterocycles. The molecule has 0 aliphatic carbocycles. The first-order chi connectivity index (χ1) is 9.88. The fraction of sp³-hybridized carbons (Fsp3) is 0.385. The number of ether oxygens (including phenoxy) is 1. The van der Waals surface area contributed by atoms with Crippen molar-refractivity contribution < 1.29 is 19.4 Å². The van der Waals surface area contributed by atoms with Crippen molar-refractivity contribution in [2.45, 2.75) is 13.0 Å². The van der Waals surface area contributed by atoms with Crippen LogP contribution in [0.5, 0.6) is 0 Å². The summed E-state index contributed by atoms with van der Waals surface area (Å²) in [5.41, 5.74) is -0.111. The van der Waals surface area contributed by atoms with Crippen LogP contribution >= 0.6 is 23.2 Å². The maximum absolute atomic E-state index is 12.2. The summed E-state index contributed by atoms with van der Waals surface area (Å²) >= 11 is 11.8. The van der Waals surface area contributed by atoms with Gasteiger partial charge in [-0.1, -0.05) is 23.2 Å². The molecule has 0 saturated carbocycles. The normalized spacial score (nSPS) is 18.4. The number of nitrogens with one attached hydrogen (secondary N) is 1. The van der Waals surface area contributed by atoms with E-state index < -0.39 is 12.0 Å². The Balaban J connectivity index is 2.22. The third-order valence-electron chi connectivity index (χ3n) is 3.05. The molecule has 6 nitrogen and oxygen atoms in total. The van der Waals surface area contributed by atoms with E-state index in [-0.39, 0.29) is 27.4 Å². The smallest absolute Gasteiger partial charge is 0.337 e. The summed E-state index contributed by atoms with van der Waals surface area (Å²) in [7, 11) is 0. The van der Waals surface area contributed by atoms with Crippen molar-refractivity contribution in [3.8, 4) is 0 Å². The van der Waals surface area contributed by atoms with Gasteiger partial charge in [0, 0.05) is 18.1 Å². The van der Waals surface area contributed by atoms with Gasteiger partial charge in [0.2, 0.25) is 0 Å². The molecule has 8 heteroatoms. The molecule has 0 bridgehead atoms. The molecular weight excluding hydrogens is 319 g/mol. The summed E-state index contributed by atoms with van der Waals surface area (Å²) in [5.74, 6) is -1.22. The molecule has 2 amide bonds. The van der Waals surface area contributed by atoms with Crippen LogP contribution in [0.2, 0.25) is 10.0 Å². The fourth-order valence-corrected chi connectivity index (χ4v) is 2.60. The molecule has 1 fully saturated rings. The van der Waals surface area contributed by atoms with E-state index in [9.17, 15) is 14.7 Å². The Morgan fingerprint density at radius 2 is 2.14 bits per heavy atom. The van der Waals surface area contributed by atoms with Crippen molar-refractivity contribution in [3.63, 3.8) is 0 Å². The number of amides is 2. The average molecular weight is 333 g/mol. The van der Waals surface area contributed by atoms with E-state index in [0.717, 1.165) is 0 Å². The second kappa shape index (κ2) is 6.51. The number of carbonyl (C=O) groups excluding carboxylic acids is 1. The second-order valence-corrected chi connectivity index (χ2v) is 5.52. The quantitative estimate of drug-likeness (QED) is 0.872. The largest absolute Gasteiger partial charge is 0.478 e. The molecule has 1 heterocycles. The zero-order valence-electron chi connectivity index (χ0n) is 11.2. The van der Waals surface area contributed by atoms with Crippen LogP contribution in [-0.4, -0.2) is 47.8 Å². The van der Waals surface area contributed by atoms with E-state index in [0.29, 0.717) is 19.7 Å². The number of morpholine rings is 1. The van der Waals surface area contributed by atoms with Gasteiger partial charge in [0.15, 0.2) is 0 Å². The second-order valence-electron chi connectivity index (χ2n) is 4.67. The number of carboxylic acid groups (broad SMARTS) is 1. The zero-order valence-corrected chi connectivity index (χ0v) is 12.7. The highest BCUT2D eigenvalue weighted by Gasteiger charge is 2.24. The van der Waals surface area contributed by atoms with Gasteiger partial charge >= 0.3 is 12.0 Å². The van der Waals surface area contributed by atoms with Crippen LogP contribution in [-0.2, 0) is 4.74 Å². The first-order valence-corrected chi connectivity index (χ1v) is 7.04. The number of carboxylic acids is 1. The van der Waals surface area contributed by atoms with E-state index in [1.165, 1.54) is 12.1 Å². The van der Waals surface area contributed by atoms with Gasteiger partial charge in [0.05, 0.1) is 29.0 Å². The van der Waals surface area contributed by atoms with Crippen molar-refractivity contribution in [2.24, 2.45) is 0 Å². The first kappa shape index (κ1) is 15.9. The third-order valence-corrected chi connectivity index (χ3v) is 3.56. The topological polar surface area (TPSA) is 78.9 Å². The van der Waals surface area contributed by atoms with Crippen LogP contribution in [0.3, 0.4) is 0 Å². The molecule has 1 aromatic rings. The van der Waals surface area contributed by atoms with Crippen LogP contribution in [0.4, 0.5) is 10.5 Å². The van der Waals surface area contributed by atoms with Gasteiger partial charge in [-0.3, -0.25) is 0 Å². The fourth-order valence-electron chi connectivity index (χ4n) is 2.06. The summed E-state index contributed by atoms with van der Waals surface area (Å²) in [4.78, 5) is 25.0. The molecule has 21 heavy (non-hydrogen) atoms. The molecule has 1 aliphatic heterocycles. The summed E-state index contributed by atoms with van der Waals surface area (Å²) in [6.45, 7) is 3.16. The van der Waals surface area contributed by atoms with E-state index in [2.05, 4.69) is 5.32 Å². The lowest BCUT2D eigenvalue weighted by atomic mass is 10.2. The van der Waals surface area contributed by atoms with Crippen LogP contribution in [0.1, 0.15) is 17.3 Å². The maximum Gasteiger partial charge on any atom is 0.337 e. The Morgan fingerprint density at radius 3 is 2.76 bits per heavy atom. The monoisotopic (exact) mass is 332 g/mol. The SMILES string of the molecule is CC1CN(C(=O)Nc2c(Cl)cc(Cl)cc2C(=O)O)CCO1. The number of hydrogen-bond donors (Lipinski definition) is 2. The molecule has 0 spiro atoms. The Bertz CT molecular complexity index is 580. The van der Waals surface area contributed by atoms with E-state index in [1.54, 1.807) is 4.90 Å². The van der Waals surface area contributed by atoms with Crippen molar-refractivity contribution >= 4 is 40.9 Å². The standard InChI is InChI=1S/C13H14Cl2N2O4/c1-7-6-17(2-3-21-7)13(20)16-11-9(12(18)19)4-8(14)5-10(11)15/h4-5,7H,2-3,6H2,1H3,(H,16,20)(H,18,19). The lowest BCUT2D eigenvalue weighted by Crippen LogP contribution is -2.46. The molecule has 1 atom stereocenters. The number of rotatable bonds is 2. The summed E-state index contributed by atoms with van der Waals surface area (Å²) in [5, 5.41) is 12.0. The number of anilines is 1. The van der Waals surface area contributed by atoms with Crippen molar-refractivity contribution in [2.75, 3.05) is 25.0 Å². The number of benzene rings is 1. The van der Waals surface area contributed by atoms with Crippen LogP contribution in [0.25, 0.3) is 0 Å². The molecule has 2 rings (SSSR count). The molecule has 1 aliphatic rings. The lowest BCUT2D eigenvalue weighted by Gasteiger charge is -2.31. The molecule has 1 unspecified atom stereocenters. The van der Waals surface area contributed by atoms with Crippen LogP contribution in [0.15, 0.2) is 12.1 Å². The highest BCUT2D eigenvalue weighted by atomic mass is 35.5. The van der Waals surface area contributed by atoms with Crippen molar-refractivity contribution in [1.82, 2.24) is 4.90 Å². The van der Waals surface area contributed by atoms with Gasteiger partial charge in [-0.2, -0.15) is 0 Å². The number of carbonyl (C=O) groups is 2. The van der Waals surface area contributed by atoms with Crippen LogP contribution < -0.4 is 5.32 Å². The zero-order chi connectivity index (χ0) is 15.6. The highest BCUT2D eigenvalue weighted by molar-refractivity contribution is 6.37. The molecule has 1 aromatic carbocycles. The van der Waals surface area contributed by atoms with Gasteiger partial charge in [-0.25, -0.2) is 9.59 Å². The third kappa shape index (κ3) is 3.78. The predicted octanol–water partition coefficient (Wildman–Crippen LogP) is 2.94. The maximum atomic E-state index is 12.2. The summed E-state index contributed by atoms with van der Waals surface area (Å²) < 4.78 is 5.35. The number of halogens is 2. The number of aromatic carboxylic acids is 1. The predicted molar refractivity (Wildman–Crippen MR) is 79.4 cm³/mol. The Hall–Kier alpha value is -1.50. The van der Waals surface area contributed by atoms with Crippen molar-refractivity contribution in [1.29, 1.82) is 0 Å². The Morgan fingerprint density at radius 1 is 1.43 bits per heavy atom. The van der Waals surface area contributed by atoms with Gasteiger partial charge in [-0.05, 0) is 19.1 Å². The van der Waals surface area contributed by atoms with Gasteiger partial charge in [0.1, 0.15) is 0 Å². The average Bonchev–Trinajstić information content (AvgIpc) is 2.41. The highest BCUT2D eigenvalue weighted by Crippen LogP contribution is 2.30. The molecule has 2 N–H and O–H groups in total. The van der Waals surface area contributed by atoms with Crippen molar-refractivity contribution in [3.05, 3.63) is 27.7 Å². The minimum atomic E-state index is -1.22. The summed E-state index contributed by atoms with van der Waals surface area (Å²) in [6.07, 6.45) is -0.0656. The van der Waals surface area contributed by atoms with E-state index >= 15 is 0 Å². The molecule has 114 valence electrons. The number of nitrogens with zero attached hydrogens (tertiary/aromatic N) is 1. The lowest BCUT2D eigenvalue weighted by molar-refractivity contribution is -0.00139. The summed E-state index contributed by atoms with van der Waals surface area (Å²) in [6, 6.07) is 2.21. The first-order valence-electron chi connectivity index (χ1n) is 6.28. The number of urea groups is 1. The van der Waals surface area contributed by atoms with Gasteiger partial charge in [0.25, 0.3) is 0 Å². The molecule has 1 saturated heterocycles.